The van der Waals surface area contributed by atoms with E-state index in [9.17, 15) is 0 Å². The topological polar surface area (TPSA) is 4.93 Å². The third-order valence-electron chi connectivity index (χ3n) is 12.8. The molecule has 11 aromatic carbocycles. The first kappa shape index (κ1) is 47.0. The predicted molar refractivity (Wildman–Crippen MR) is 308 cm³/mol. The lowest BCUT2D eigenvalue weighted by molar-refractivity contribution is 1.18. The van der Waals surface area contributed by atoms with Crippen LogP contribution >= 0.6 is 11.3 Å². The van der Waals surface area contributed by atoms with Crippen molar-refractivity contribution in [1.29, 1.82) is 0 Å². The van der Waals surface area contributed by atoms with Gasteiger partial charge in [0.25, 0.3) is 0 Å². The van der Waals surface area contributed by atoms with Gasteiger partial charge in [-0.1, -0.05) is 229 Å². The number of thiophene rings is 1. The van der Waals surface area contributed by atoms with Gasteiger partial charge in [-0.3, -0.25) is 0 Å². The molecular formula is C68H59NS. The monoisotopic (exact) mass is 921 g/mol. The summed E-state index contributed by atoms with van der Waals surface area (Å²) in [5.41, 5.74) is 14.3. The molecule has 0 saturated heterocycles. The molecule has 0 aliphatic rings. The lowest BCUT2D eigenvalue weighted by Gasteiger charge is -2.10. The molecule has 0 bridgehead atoms. The van der Waals surface area contributed by atoms with Crippen LogP contribution in [0.1, 0.15) is 33.4 Å². The highest BCUT2D eigenvalue weighted by Crippen LogP contribution is 2.43. The fourth-order valence-electron chi connectivity index (χ4n) is 9.36. The average molecular weight is 922 g/mol. The molecule has 1 nitrogen and oxygen atoms in total. The Morgan fingerprint density at radius 2 is 0.800 bits per heavy atom. The molecule has 0 fully saturated rings. The van der Waals surface area contributed by atoms with E-state index in [0.29, 0.717) is 0 Å². The standard InChI is InChI=1S/C32H23NS.2C11H10.2C7H8/c1-20-17-21(2)32-27(18-20)31-24(12-8-14-30(31)34-32)22-15-16-26-25-11-6-7-13-28(25)33(29(26)19-22)23-9-4-3-5-10-23;2*1-9-5-4-7-10-6-2-3-8-11(9)10;2*1-7-5-3-2-4-6-7/h3-19H,1-2H3;2*2-8H,1H3;2*2-6H,1H3. The van der Waals surface area contributed by atoms with Gasteiger partial charge in [-0.15, -0.1) is 11.3 Å². The van der Waals surface area contributed by atoms with E-state index in [0.717, 1.165) is 0 Å². The first-order valence-corrected chi connectivity index (χ1v) is 25.0. The highest BCUT2D eigenvalue weighted by molar-refractivity contribution is 7.26. The number of benzene rings is 11. The van der Waals surface area contributed by atoms with Gasteiger partial charge in [0.05, 0.1) is 11.0 Å². The largest absolute Gasteiger partial charge is 0.309 e. The zero-order chi connectivity index (χ0) is 48.4. The maximum Gasteiger partial charge on any atom is 0.0547 e. The summed E-state index contributed by atoms with van der Waals surface area (Å²) in [5, 5.41) is 10.7. The molecule has 0 radical (unpaired) electrons. The average Bonchev–Trinajstić information content (AvgIpc) is 3.94. The molecule has 70 heavy (non-hydrogen) atoms. The van der Waals surface area contributed by atoms with Crippen LogP contribution in [-0.4, -0.2) is 4.57 Å². The number of para-hydroxylation sites is 2. The van der Waals surface area contributed by atoms with Gasteiger partial charge in [0.2, 0.25) is 0 Å². The van der Waals surface area contributed by atoms with Crippen LogP contribution in [-0.2, 0) is 0 Å². The number of rotatable bonds is 2. The first-order valence-electron chi connectivity index (χ1n) is 24.2. The van der Waals surface area contributed by atoms with Crippen molar-refractivity contribution in [3.05, 3.63) is 282 Å². The molecule has 0 saturated carbocycles. The maximum atomic E-state index is 2.40. The second-order valence-corrected chi connectivity index (χ2v) is 19.1. The first-order chi connectivity index (χ1) is 34.2. The number of nitrogens with zero attached hydrogens (tertiary/aromatic N) is 1. The minimum Gasteiger partial charge on any atom is -0.309 e. The van der Waals surface area contributed by atoms with Crippen molar-refractivity contribution in [2.24, 2.45) is 0 Å². The lowest BCUT2D eigenvalue weighted by Crippen LogP contribution is -1.93. The van der Waals surface area contributed by atoms with Gasteiger partial charge in [0.1, 0.15) is 0 Å². The van der Waals surface area contributed by atoms with Crippen molar-refractivity contribution in [2.45, 2.75) is 41.5 Å². The Labute approximate surface area is 417 Å². The van der Waals surface area contributed by atoms with Gasteiger partial charge in [-0.05, 0) is 127 Å². The highest BCUT2D eigenvalue weighted by atomic mass is 32.1. The minimum atomic E-state index is 1.19. The zero-order valence-corrected chi connectivity index (χ0v) is 41.8. The summed E-state index contributed by atoms with van der Waals surface area (Å²) >= 11 is 1.91. The molecule has 0 unspecified atom stereocenters. The molecule has 2 aromatic heterocycles. The van der Waals surface area contributed by atoms with Crippen LogP contribution in [0.5, 0.6) is 0 Å². The van der Waals surface area contributed by atoms with E-state index in [1.54, 1.807) is 0 Å². The van der Waals surface area contributed by atoms with Crippen LogP contribution in [0.2, 0.25) is 0 Å². The number of hydrogen-bond acceptors (Lipinski definition) is 1. The Bertz CT molecular complexity index is 3700. The van der Waals surface area contributed by atoms with Gasteiger partial charge in [-0.2, -0.15) is 0 Å². The van der Waals surface area contributed by atoms with E-state index >= 15 is 0 Å². The second kappa shape index (κ2) is 21.9. The molecule has 2 heterocycles. The molecule has 342 valence electrons. The van der Waals surface area contributed by atoms with Crippen LogP contribution < -0.4 is 0 Å². The molecule has 2 heteroatoms. The Morgan fingerprint density at radius 1 is 0.314 bits per heavy atom. The van der Waals surface area contributed by atoms with Gasteiger partial charge >= 0.3 is 0 Å². The van der Waals surface area contributed by atoms with Crippen molar-refractivity contribution >= 4 is 74.9 Å². The molecular weight excluding hydrogens is 863 g/mol. The fraction of sp³-hybridized carbons (Fsp3) is 0.0882. The quantitative estimate of drug-likeness (QED) is 0.163. The van der Waals surface area contributed by atoms with Crippen molar-refractivity contribution in [1.82, 2.24) is 4.57 Å². The number of aromatic nitrogens is 1. The normalized spacial score (nSPS) is 10.7. The van der Waals surface area contributed by atoms with Crippen molar-refractivity contribution in [3.63, 3.8) is 0 Å². The molecule has 0 amide bonds. The van der Waals surface area contributed by atoms with Crippen LogP contribution in [0.3, 0.4) is 0 Å². The summed E-state index contributed by atoms with van der Waals surface area (Å²) in [6.45, 7) is 12.9. The summed E-state index contributed by atoms with van der Waals surface area (Å²) in [6.07, 6.45) is 0. The lowest BCUT2D eigenvalue weighted by atomic mass is 9.97. The summed E-state index contributed by atoms with van der Waals surface area (Å²) in [6, 6.07) is 87.9. The Balaban J connectivity index is 0.000000136. The summed E-state index contributed by atoms with van der Waals surface area (Å²) < 4.78 is 5.14. The fourth-order valence-corrected chi connectivity index (χ4v) is 10.5. The van der Waals surface area contributed by atoms with Crippen molar-refractivity contribution < 1.29 is 0 Å². The van der Waals surface area contributed by atoms with E-state index in [1.165, 1.54) is 114 Å². The highest BCUT2D eigenvalue weighted by Gasteiger charge is 2.16. The van der Waals surface area contributed by atoms with Gasteiger partial charge in [0.15, 0.2) is 0 Å². The zero-order valence-electron chi connectivity index (χ0n) is 41.0. The van der Waals surface area contributed by atoms with Crippen molar-refractivity contribution in [2.75, 3.05) is 0 Å². The summed E-state index contributed by atoms with van der Waals surface area (Å²) in [4.78, 5) is 0. The smallest absolute Gasteiger partial charge is 0.0547 e. The molecule has 13 aromatic rings. The molecule has 0 aliphatic heterocycles. The maximum absolute atomic E-state index is 2.40. The SMILES string of the molecule is Cc1cc(C)c2sc3cccc(-c4ccc5c6ccccc6n(-c6ccccc6)c5c4)c3c2c1.Cc1cccc2ccccc12.Cc1cccc2ccccc12.Cc1ccccc1.Cc1ccccc1. The van der Waals surface area contributed by atoms with E-state index in [-0.39, 0.29) is 0 Å². The third kappa shape index (κ3) is 10.6. The summed E-state index contributed by atoms with van der Waals surface area (Å²) in [5.74, 6) is 0. The molecule has 0 aliphatic carbocycles. The van der Waals surface area contributed by atoms with Gasteiger partial charge in [-0.25, -0.2) is 0 Å². The molecule has 0 N–H and O–H groups in total. The van der Waals surface area contributed by atoms with Crippen LogP contribution in [0.25, 0.3) is 80.3 Å². The van der Waals surface area contributed by atoms with E-state index in [4.69, 9.17) is 0 Å². The van der Waals surface area contributed by atoms with Gasteiger partial charge < -0.3 is 4.57 Å². The number of aryl methyl sites for hydroxylation is 6. The van der Waals surface area contributed by atoms with Crippen LogP contribution in [0.4, 0.5) is 0 Å². The molecule has 0 spiro atoms. The van der Waals surface area contributed by atoms with Crippen LogP contribution in [0.15, 0.2) is 249 Å². The number of fused-ring (bicyclic) bond motifs is 8. The van der Waals surface area contributed by atoms with E-state index < -0.39 is 0 Å². The van der Waals surface area contributed by atoms with Gasteiger partial charge in [0, 0.05) is 36.6 Å². The Kier molecular flexibility index (Phi) is 14.7. The van der Waals surface area contributed by atoms with Crippen molar-refractivity contribution in [3.8, 4) is 16.8 Å². The second-order valence-electron chi connectivity index (χ2n) is 18.1. The Morgan fingerprint density at radius 3 is 1.36 bits per heavy atom. The van der Waals surface area contributed by atoms with E-state index in [1.807, 2.05) is 47.7 Å². The molecule has 13 rings (SSSR count). The van der Waals surface area contributed by atoms with E-state index in [2.05, 4.69) is 258 Å². The predicted octanol–water partition coefficient (Wildman–Crippen LogP) is 19.7. The van der Waals surface area contributed by atoms with Crippen LogP contribution in [0, 0.1) is 41.5 Å². The number of hydrogen-bond donors (Lipinski definition) is 0. The molecule has 0 atom stereocenters. The summed E-state index contributed by atoms with van der Waals surface area (Å²) in [7, 11) is 0. The Hall–Kier alpha value is -8.04. The third-order valence-corrected chi connectivity index (χ3v) is 14.1. The minimum absolute atomic E-state index is 1.19.